The number of benzene rings is 1. The van der Waals surface area contributed by atoms with Crippen LogP contribution in [0.3, 0.4) is 0 Å². The molecule has 1 N–H and O–H groups in total. The van der Waals surface area contributed by atoms with Gasteiger partial charge in [0.05, 0.1) is 17.7 Å². The summed E-state index contributed by atoms with van der Waals surface area (Å²) in [5.41, 5.74) is -3.41. The fourth-order valence-electron chi connectivity index (χ4n) is 1.84. The molecule has 10 heteroatoms. The number of rotatable bonds is 3. The van der Waals surface area contributed by atoms with Crippen molar-refractivity contribution in [3.8, 4) is 0 Å². The average molecular weight is 352 g/mol. The Labute approximate surface area is 131 Å². The van der Waals surface area contributed by atoms with Crippen LogP contribution in [0, 0.1) is 0 Å². The smallest absolute Gasteiger partial charge is 0.416 e. The molecule has 0 aromatic heterocycles. The number of hydrogen-bond donors (Lipinski definition) is 1. The van der Waals surface area contributed by atoms with Gasteiger partial charge in [-0.3, -0.25) is 4.99 Å². The van der Waals surface area contributed by atoms with Crippen LogP contribution in [0.5, 0.6) is 0 Å². The minimum Gasteiger partial charge on any atom is -0.456 e. The van der Waals surface area contributed by atoms with Gasteiger partial charge in [0, 0.05) is 12.4 Å². The van der Waals surface area contributed by atoms with E-state index in [4.69, 9.17) is 4.74 Å². The standard InChI is InChI=1S/C14H10F6N2O2/c15-13(16,17)9-3-8(4-10(5-9)14(18,19)20)7-24-12(23)11-6-21-1-2-22-11/h1-5,21H,6-7H2. The lowest BCUT2D eigenvalue weighted by Gasteiger charge is -2.15. The third-order valence-electron chi connectivity index (χ3n) is 2.95. The molecule has 1 aliphatic rings. The normalized spacial score (nSPS) is 14.8. The van der Waals surface area contributed by atoms with Gasteiger partial charge in [0.25, 0.3) is 0 Å². The zero-order valence-corrected chi connectivity index (χ0v) is 11.8. The first kappa shape index (κ1) is 17.8. The van der Waals surface area contributed by atoms with E-state index in [0.717, 1.165) is 0 Å². The van der Waals surface area contributed by atoms with Crippen LogP contribution < -0.4 is 5.32 Å². The molecular formula is C14H10F6N2O2. The van der Waals surface area contributed by atoms with E-state index in [1.807, 2.05) is 0 Å². The predicted molar refractivity (Wildman–Crippen MR) is 70.8 cm³/mol. The maximum Gasteiger partial charge on any atom is 0.416 e. The molecular weight excluding hydrogens is 342 g/mol. The summed E-state index contributed by atoms with van der Waals surface area (Å²) in [6.07, 6.45) is -7.18. The third kappa shape index (κ3) is 4.49. The number of nitrogens with zero attached hydrogens (tertiary/aromatic N) is 1. The van der Waals surface area contributed by atoms with Crippen molar-refractivity contribution < 1.29 is 35.9 Å². The largest absolute Gasteiger partial charge is 0.456 e. The van der Waals surface area contributed by atoms with Crippen LogP contribution in [0.25, 0.3) is 0 Å². The maximum absolute atomic E-state index is 12.7. The highest BCUT2D eigenvalue weighted by molar-refractivity contribution is 6.37. The van der Waals surface area contributed by atoms with Gasteiger partial charge in [-0.05, 0) is 23.8 Å². The van der Waals surface area contributed by atoms with Crippen molar-refractivity contribution in [1.82, 2.24) is 5.32 Å². The number of nitrogens with one attached hydrogen (secondary N) is 1. The van der Waals surface area contributed by atoms with Gasteiger partial charge in [0.15, 0.2) is 0 Å². The van der Waals surface area contributed by atoms with Crippen molar-refractivity contribution in [3.05, 3.63) is 47.3 Å². The van der Waals surface area contributed by atoms with E-state index in [1.54, 1.807) is 0 Å². The Hall–Kier alpha value is -2.52. The minimum atomic E-state index is -4.96. The van der Waals surface area contributed by atoms with Crippen LogP contribution in [0.2, 0.25) is 0 Å². The highest BCUT2D eigenvalue weighted by atomic mass is 19.4. The zero-order chi connectivity index (χ0) is 18.0. The van der Waals surface area contributed by atoms with Gasteiger partial charge in [0.1, 0.15) is 12.3 Å². The van der Waals surface area contributed by atoms with Crippen LogP contribution in [-0.2, 0) is 28.5 Å². The molecule has 1 aromatic carbocycles. The molecule has 0 amide bonds. The Kier molecular flexibility index (Phi) is 4.86. The van der Waals surface area contributed by atoms with E-state index in [1.165, 1.54) is 12.4 Å². The summed E-state index contributed by atoms with van der Waals surface area (Å²) >= 11 is 0. The van der Waals surface area contributed by atoms with Gasteiger partial charge in [-0.15, -0.1) is 0 Å². The average Bonchev–Trinajstić information content (AvgIpc) is 2.51. The Morgan fingerprint density at radius 3 is 2.12 bits per heavy atom. The molecule has 1 heterocycles. The van der Waals surface area contributed by atoms with Crippen LogP contribution >= 0.6 is 0 Å². The second kappa shape index (κ2) is 6.54. The molecule has 130 valence electrons. The minimum absolute atomic E-state index is 0.00521. The molecule has 0 saturated carbocycles. The van der Waals surface area contributed by atoms with Crippen LogP contribution in [0.4, 0.5) is 26.3 Å². The molecule has 0 spiro atoms. The topological polar surface area (TPSA) is 50.7 Å². The van der Waals surface area contributed by atoms with Crippen molar-refractivity contribution >= 4 is 11.7 Å². The summed E-state index contributed by atoms with van der Waals surface area (Å²) in [4.78, 5) is 15.4. The van der Waals surface area contributed by atoms with Crippen molar-refractivity contribution in [2.75, 3.05) is 6.54 Å². The van der Waals surface area contributed by atoms with E-state index in [-0.39, 0.29) is 18.3 Å². The number of halogens is 6. The van der Waals surface area contributed by atoms with Gasteiger partial charge in [-0.2, -0.15) is 26.3 Å². The van der Waals surface area contributed by atoms with Gasteiger partial charge < -0.3 is 10.1 Å². The molecule has 0 aliphatic carbocycles. The summed E-state index contributed by atoms with van der Waals surface area (Å²) in [6, 6.07) is 1.01. The first-order valence-corrected chi connectivity index (χ1v) is 6.48. The molecule has 0 saturated heterocycles. The van der Waals surface area contributed by atoms with Crippen molar-refractivity contribution in [3.63, 3.8) is 0 Å². The van der Waals surface area contributed by atoms with E-state index in [2.05, 4.69) is 10.3 Å². The Morgan fingerprint density at radius 2 is 1.67 bits per heavy atom. The molecule has 0 radical (unpaired) electrons. The number of esters is 1. The summed E-state index contributed by atoms with van der Waals surface area (Å²) in [7, 11) is 0. The fraction of sp³-hybridized carbons (Fsp3) is 0.286. The third-order valence-corrected chi connectivity index (χ3v) is 2.95. The molecule has 24 heavy (non-hydrogen) atoms. The Bertz CT molecular complexity index is 659. The fourth-order valence-corrected chi connectivity index (χ4v) is 1.84. The quantitative estimate of drug-likeness (QED) is 0.671. The molecule has 0 unspecified atom stereocenters. The molecule has 0 atom stereocenters. The number of aliphatic imine (C=N–C) groups is 1. The predicted octanol–water partition coefficient (Wildman–Crippen LogP) is 3.28. The van der Waals surface area contributed by atoms with E-state index < -0.39 is 41.6 Å². The monoisotopic (exact) mass is 352 g/mol. The first-order valence-electron chi connectivity index (χ1n) is 6.48. The van der Waals surface area contributed by atoms with Crippen LogP contribution in [0.15, 0.2) is 35.6 Å². The molecule has 0 fully saturated rings. The van der Waals surface area contributed by atoms with Crippen molar-refractivity contribution in [2.24, 2.45) is 4.99 Å². The number of ether oxygens (including phenoxy) is 1. The van der Waals surface area contributed by atoms with Crippen LogP contribution in [0.1, 0.15) is 16.7 Å². The van der Waals surface area contributed by atoms with Gasteiger partial charge in [0.2, 0.25) is 0 Å². The Morgan fingerprint density at radius 1 is 1.08 bits per heavy atom. The van der Waals surface area contributed by atoms with Gasteiger partial charge in [-0.25, -0.2) is 4.79 Å². The summed E-state index contributed by atoms with van der Waals surface area (Å²) in [5, 5.41) is 2.66. The first-order chi connectivity index (χ1) is 11.1. The SMILES string of the molecule is O=C(OCc1cc(C(F)(F)F)cc(C(F)(F)F)c1)C1=NC=CNC1. The van der Waals surface area contributed by atoms with E-state index in [0.29, 0.717) is 12.1 Å². The Balaban J connectivity index is 2.21. The lowest BCUT2D eigenvalue weighted by Crippen LogP contribution is -2.29. The van der Waals surface area contributed by atoms with Crippen LogP contribution in [-0.4, -0.2) is 18.2 Å². The lowest BCUT2D eigenvalue weighted by molar-refractivity contribution is -0.143. The summed E-state index contributed by atoms with van der Waals surface area (Å²) < 4.78 is 81.0. The highest BCUT2D eigenvalue weighted by Crippen LogP contribution is 2.36. The highest BCUT2D eigenvalue weighted by Gasteiger charge is 2.37. The second-order valence-electron chi connectivity index (χ2n) is 4.76. The molecule has 0 bridgehead atoms. The van der Waals surface area contributed by atoms with E-state index in [9.17, 15) is 31.1 Å². The summed E-state index contributed by atoms with van der Waals surface area (Å²) in [5.74, 6) is -0.933. The van der Waals surface area contributed by atoms with Gasteiger partial charge in [-0.1, -0.05) is 0 Å². The van der Waals surface area contributed by atoms with Crippen molar-refractivity contribution in [1.29, 1.82) is 0 Å². The zero-order valence-electron chi connectivity index (χ0n) is 11.8. The lowest BCUT2D eigenvalue weighted by atomic mass is 10.1. The van der Waals surface area contributed by atoms with Crippen molar-refractivity contribution in [2.45, 2.75) is 19.0 Å². The number of carbonyl (C=O) groups is 1. The second-order valence-corrected chi connectivity index (χ2v) is 4.76. The number of carbonyl (C=O) groups excluding carboxylic acids is 1. The van der Waals surface area contributed by atoms with E-state index >= 15 is 0 Å². The maximum atomic E-state index is 12.7. The molecule has 2 rings (SSSR count). The molecule has 1 aliphatic heterocycles. The molecule has 4 nitrogen and oxygen atoms in total. The number of hydrogen-bond acceptors (Lipinski definition) is 4. The number of alkyl halides is 6. The van der Waals surface area contributed by atoms with Gasteiger partial charge >= 0.3 is 18.3 Å². The molecule has 1 aromatic rings. The summed E-state index contributed by atoms with van der Waals surface area (Å²) in [6.45, 7) is -0.694.